The molecule has 0 N–H and O–H groups in total. The zero-order valence-corrected chi connectivity index (χ0v) is 10.0. The Labute approximate surface area is 94.7 Å². The highest BCUT2D eigenvalue weighted by molar-refractivity contribution is 7.09. The molecule has 0 aliphatic rings. The normalized spacial score (nSPS) is 10.0. The van der Waals surface area contributed by atoms with E-state index >= 15 is 0 Å². The van der Waals surface area contributed by atoms with E-state index in [9.17, 15) is 4.79 Å². The zero-order valence-electron chi connectivity index (χ0n) is 9.23. The molecule has 0 aliphatic carbocycles. The van der Waals surface area contributed by atoms with Crippen molar-refractivity contribution in [3.8, 4) is 0 Å². The molecule has 0 atom stereocenters. The first-order chi connectivity index (χ1) is 7.24. The Balaban J connectivity index is 2.17. The van der Waals surface area contributed by atoms with Crippen LogP contribution in [0.25, 0.3) is 0 Å². The second kappa shape index (κ2) is 6.45. The third kappa shape index (κ3) is 4.34. The summed E-state index contributed by atoms with van der Waals surface area (Å²) in [5, 5.41) is 2.07. The van der Waals surface area contributed by atoms with E-state index in [0.29, 0.717) is 6.61 Å². The molecule has 0 spiro atoms. The minimum atomic E-state index is -0.233. The molecule has 4 heteroatoms. The summed E-state index contributed by atoms with van der Waals surface area (Å²) in [5.74, 6) is 0. The van der Waals surface area contributed by atoms with Crippen LogP contribution in [0.4, 0.5) is 4.79 Å². The van der Waals surface area contributed by atoms with Gasteiger partial charge in [0, 0.05) is 18.5 Å². The van der Waals surface area contributed by atoms with Crippen molar-refractivity contribution in [1.29, 1.82) is 0 Å². The molecule has 0 bridgehead atoms. The molecule has 3 nitrogen and oxygen atoms in total. The molecule has 1 rings (SSSR count). The van der Waals surface area contributed by atoms with Crippen molar-refractivity contribution < 1.29 is 9.53 Å². The van der Waals surface area contributed by atoms with Gasteiger partial charge in [-0.15, -0.1) is 11.3 Å². The molecule has 0 saturated carbocycles. The number of amides is 1. The lowest BCUT2D eigenvalue weighted by atomic mass is 10.2. The van der Waals surface area contributed by atoms with Gasteiger partial charge in [-0.25, -0.2) is 4.79 Å². The highest BCUT2D eigenvalue weighted by Crippen LogP contribution is 2.11. The number of rotatable bonds is 5. The van der Waals surface area contributed by atoms with E-state index in [4.69, 9.17) is 4.74 Å². The molecule has 0 aromatic carbocycles. The van der Waals surface area contributed by atoms with Crippen LogP contribution >= 0.6 is 11.3 Å². The lowest BCUT2D eigenvalue weighted by molar-refractivity contribution is 0.116. The molecule has 1 aromatic rings. The first-order valence-corrected chi connectivity index (χ1v) is 6.02. The van der Waals surface area contributed by atoms with Gasteiger partial charge in [0.05, 0.1) is 6.61 Å². The van der Waals surface area contributed by atoms with Crippen molar-refractivity contribution in [3.63, 3.8) is 0 Å². The number of carbonyl (C=O) groups is 1. The van der Waals surface area contributed by atoms with Gasteiger partial charge in [-0.2, -0.15) is 0 Å². The second-order valence-electron chi connectivity index (χ2n) is 3.30. The zero-order chi connectivity index (χ0) is 11.1. The van der Waals surface area contributed by atoms with Crippen molar-refractivity contribution in [1.82, 2.24) is 4.90 Å². The van der Waals surface area contributed by atoms with Crippen molar-refractivity contribution in [2.24, 2.45) is 0 Å². The molecular formula is C11H17NO2S. The Hall–Kier alpha value is -1.03. The number of hydrogen-bond acceptors (Lipinski definition) is 3. The summed E-state index contributed by atoms with van der Waals surface area (Å²) in [5.41, 5.74) is 0. The summed E-state index contributed by atoms with van der Waals surface area (Å²) in [6.45, 7) is 3.00. The molecule has 1 heterocycles. The number of hydrogen-bond donors (Lipinski definition) is 0. The molecule has 0 aliphatic heterocycles. The summed E-state index contributed by atoms with van der Waals surface area (Å²) in [4.78, 5) is 14.2. The predicted molar refractivity (Wildman–Crippen MR) is 62.3 cm³/mol. The highest BCUT2D eigenvalue weighted by atomic mass is 32.1. The van der Waals surface area contributed by atoms with Crippen molar-refractivity contribution in [3.05, 3.63) is 22.4 Å². The number of carbonyl (C=O) groups excluding carboxylic acids is 1. The van der Waals surface area contributed by atoms with E-state index in [1.807, 2.05) is 6.92 Å². The van der Waals surface area contributed by atoms with E-state index in [1.54, 1.807) is 23.3 Å². The molecule has 1 aromatic heterocycles. The van der Waals surface area contributed by atoms with Crippen LogP contribution in [-0.4, -0.2) is 31.2 Å². The number of ether oxygens (including phenoxy) is 1. The van der Waals surface area contributed by atoms with Gasteiger partial charge in [0.25, 0.3) is 0 Å². The van der Waals surface area contributed by atoms with Crippen molar-refractivity contribution in [2.45, 2.75) is 19.8 Å². The van der Waals surface area contributed by atoms with E-state index in [0.717, 1.165) is 19.4 Å². The van der Waals surface area contributed by atoms with Gasteiger partial charge < -0.3 is 9.64 Å². The molecule has 0 fully saturated rings. The first kappa shape index (κ1) is 12.0. The summed E-state index contributed by atoms with van der Waals surface area (Å²) in [6, 6.07) is 4.17. The topological polar surface area (TPSA) is 29.5 Å². The van der Waals surface area contributed by atoms with E-state index < -0.39 is 0 Å². The van der Waals surface area contributed by atoms with Crippen LogP contribution < -0.4 is 0 Å². The molecule has 84 valence electrons. The monoisotopic (exact) mass is 227 g/mol. The van der Waals surface area contributed by atoms with Crippen molar-refractivity contribution >= 4 is 17.4 Å². The lowest BCUT2D eigenvalue weighted by Crippen LogP contribution is -2.28. The first-order valence-electron chi connectivity index (χ1n) is 5.14. The molecule has 15 heavy (non-hydrogen) atoms. The molecule has 1 amide bonds. The maximum atomic E-state index is 11.2. The molecule has 0 saturated heterocycles. The third-order valence-corrected chi connectivity index (χ3v) is 3.01. The fourth-order valence-electron chi connectivity index (χ4n) is 1.27. The standard InChI is InChI=1S/C11H17NO2S/c1-3-14-11(13)12(2)8-4-6-10-7-5-9-15-10/h5,7,9H,3-4,6,8H2,1-2H3. The van der Waals surface area contributed by atoms with E-state index in [-0.39, 0.29) is 6.09 Å². The Kier molecular flexibility index (Phi) is 5.18. The Bertz CT molecular complexity index is 285. The SMILES string of the molecule is CCOC(=O)N(C)CCCc1cccs1. The maximum Gasteiger partial charge on any atom is 0.409 e. The number of thiophene rings is 1. The summed E-state index contributed by atoms with van der Waals surface area (Å²) in [6.07, 6.45) is 1.78. The van der Waals surface area contributed by atoms with E-state index in [2.05, 4.69) is 17.5 Å². The third-order valence-electron chi connectivity index (χ3n) is 2.08. The van der Waals surface area contributed by atoms with Crippen LogP contribution in [0.1, 0.15) is 18.2 Å². The molecular weight excluding hydrogens is 210 g/mol. The quantitative estimate of drug-likeness (QED) is 0.774. The van der Waals surface area contributed by atoms with Crippen LogP contribution in [-0.2, 0) is 11.2 Å². The summed E-state index contributed by atoms with van der Waals surface area (Å²) in [7, 11) is 1.77. The van der Waals surface area contributed by atoms with Crippen LogP contribution in [0.5, 0.6) is 0 Å². The van der Waals surface area contributed by atoms with Crippen molar-refractivity contribution in [2.75, 3.05) is 20.2 Å². The van der Waals surface area contributed by atoms with Gasteiger partial charge in [-0.05, 0) is 31.2 Å². The Morgan fingerprint density at radius 1 is 1.60 bits per heavy atom. The fourth-order valence-corrected chi connectivity index (χ4v) is 2.02. The minimum absolute atomic E-state index is 0.233. The van der Waals surface area contributed by atoms with Gasteiger partial charge in [0.2, 0.25) is 0 Å². The Morgan fingerprint density at radius 3 is 3.00 bits per heavy atom. The van der Waals surface area contributed by atoms with Gasteiger partial charge in [0.1, 0.15) is 0 Å². The largest absolute Gasteiger partial charge is 0.450 e. The van der Waals surface area contributed by atoms with Crippen LogP contribution in [0, 0.1) is 0 Å². The average molecular weight is 227 g/mol. The molecule has 0 radical (unpaired) electrons. The van der Waals surface area contributed by atoms with Gasteiger partial charge in [-0.3, -0.25) is 0 Å². The lowest BCUT2D eigenvalue weighted by Gasteiger charge is -2.15. The Morgan fingerprint density at radius 2 is 2.40 bits per heavy atom. The smallest absolute Gasteiger partial charge is 0.409 e. The average Bonchev–Trinajstić information content (AvgIpc) is 2.71. The maximum absolute atomic E-state index is 11.2. The number of nitrogens with zero attached hydrogens (tertiary/aromatic N) is 1. The summed E-state index contributed by atoms with van der Waals surface area (Å²) >= 11 is 1.76. The minimum Gasteiger partial charge on any atom is -0.450 e. The van der Waals surface area contributed by atoms with Crippen LogP contribution in [0.2, 0.25) is 0 Å². The number of aryl methyl sites for hydroxylation is 1. The van der Waals surface area contributed by atoms with Crippen LogP contribution in [0.3, 0.4) is 0 Å². The predicted octanol–water partition coefficient (Wildman–Crippen LogP) is 2.77. The van der Waals surface area contributed by atoms with Crippen LogP contribution in [0.15, 0.2) is 17.5 Å². The van der Waals surface area contributed by atoms with E-state index in [1.165, 1.54) is 4.88 Å². The van der Waals surface area contributed by atoms with Gasteiger partial charge >= 0.3 is 6.09 Å². The fraction of sp³-hybridized carbons (Fsp3) is 0.545. The molecule has 0 unspecified atom stereocenters. The van der Waals surface area contributed by atoms with Gasteiger partial charge in [-0.1, -0.05) is 6.07 Å². The van der Waals surface area contributed by atoms with Gasteiger partial charge in [0.15, 0.2) is 0 Å². The summed E-state index contributed by atoms with van der Waals surface area (Å²) < 4.78 is 4.88. The second-order valence-corrected chi connectivity index (χ2v) is 4.34. The highest BCUT2D eigenvalue weighted by Gasteiger charge is 2.07.